The van der Waals surface area contributed by atoms with Gasteiger partial charge in [0.1, 0.15) is 0 Å². The smallest absolute Gasteiger partial charge is 0.328 e. The van der Waals surface area contributed by atoms with Crippen molar-refractivity contribution in [2.45, 2.75) is 18.9 Å². The summed E-state index contributed by atoms with van der Waals surface area (Å²) in [5.74, 6) is 0.847. The van der Waals surface area contributed by atoms with E-state index in [9.17, 15) is 9.59 Å². The molecule has 0 bridgehead atoms. The van der Waals surface area contributed by atoms with Gasteiger partial charge in [0.25, 0.3) is 5.91 Å². The lowest BCUT2D eigenvalue weighted by molar-refractivity contribution is -0.131. The average molecular weight is 292 g/mol. The molecule has 1 amide bonds. The van der Waals surface area contributed by atoms with Crippen molar-refractivity contribution in [3.63, 3.8) is 0 Å². The monoisotopic (exact) mass is 292 g/mol. The second kappa shape index (κ2) is 7.09. The van der Waals surface area contributed by atoms with Gasteiger partial charge < -0.3 is 10.4 Å². The van der Waals surface area contributed by atoms with Crippen LogP contribution in [0.5, 0.6) is 0 Å². The van der Waals surface area contributed by atoms with E-state index < -0.39 is 5.97 Å². The topological polar surface area (TPSA) is 79.3 Å². The zero-order valence-electron chi connectivity index (χ0n) is 10.9. The standard InChI is InChI=1S/C14H16N2O3S/c17-13(18)4-3-10-8-15-6-5-12(10)14(19)16-11-2-1-7-20-9-11/h3-6,8,11H,1-2,7,9H2,(H,16,19)(H,17,18)/b4-3+. The number of carbonyl (C=O) groups is 2. The molecule has 1 aliphatic heterocycles. The molecule has 1 aliphatic rings. The average Bonchev–Trinajstić information content (AvgIpc) is 2.46. The summed E-state index contributed by atoms with van der Waals surface area (Å²) >= 11 is 1.84. The summed E-state index contributed by atoms with van der Waals surface area (Å²) in [5, 5.41) is 11.6. The first-order valence-electron chi connectivity index (χ1n) is 6.40. The second-order valence-corrected chi connectivity index (χ2v) is 5.67. The van der Waals surface area contributed by atoms with Crippen LogP contribution in [-0.2, 0) is 4.79 Å². The highest BCUT2D eigenvalue weighted by atomic mass is 32.2. The molecule has 0 radical (unpaired) electrons. The maximum Gasteiger partial charge on any atom is 0.328 e. The largest absolute Gasteiger partial charge is 0.478 e. The van der Waals surface area contributed by atoms with Gasteiger partial charge in [-0.3, -0.25) is 9.78 Å². The van der Waals surface area contributed by atoms with E-state index in [1.54, 1.807) is 6.07 Å². The van der Waals surface area contributed by atoms with Gasteiger partial charge in [-0.15, -0.1) is 0 Å². The van der Waals surface area contributed by atoms with Crippen LogP contribution >= 0.6 is 11.8 Å². The van der Waals surface area contributed by atoms with Crippen molar-refractivity contribution in [2.24, 2.45) is 0 Å². The molecule has 1 fully saturated rings. The van der Waals surface area contributed by atoms with Gasteiger partial charge >= 0.3 is 5.97 Å². The fourth-order valence-electron chi connectivity index (χ4n) is 2.03. The van der Waals surface area contributed by atoms with E-state index in [0.717, 1.165) is 30.4 Å². The van der Waals surface area contributed by atoms with Crippen molar-refractivity contribution in [3.8, 4) is 0 Å². The highest BCUT2D eigenvalue weighted by Gasteiger charge is 2.18. The van der Waals surface area contributed by atoms with Crippen LogP contribution in [0.2, 0.25) is 0 Å². The van der Waals surface area contributed by atoms with Crippen LogP contribution in [0.15, 0.2) is 24.5 Å². The molecular weight excluding hydrogens is 276 g/mol. The predicted molar refractivity (Wildman–Crippen MR) is 78.7 cm³/mol. The van der Waals surface area contributed by atoms with Crippen LogP contribution < -0.4 is 5.32 Å². The van der Waals surface area contributed by atoms with Crippen LogP contribution in [0.25, 0.3) is 6.08 Å². The number of carboxylic acid groups (broad SMARTS) is 1. The number of pyridine rings is 1. The fourth-order valence-corrected chi connectivity index (χ4v) is 3.10. The molecule has 1 aromatic rings. The summed E-state index contributed by atoms with van der Waals surface area (Å²) in [5.41, 5.74) is 0.962. The molecule has 5 nitrogen and oxygen atoms in total. The van der Waals surface area contributed by atoms with Crippen molar-refractivity contribution in [2.75, 3.05) is 11.5 Å². The number of hydrogen-bond acceptors (Lipinski definition) is 4. The quantitative estimate of drug-likeness (QED) is 0.827. The van der Waals surface area contributed by atoms with Crippen LogP contribution in [0.3, 0.4) is 0 Å². The SMILES string of the molecule is O=C(O)/C=C/c1cnccc1C(=O)NC1CCCSC1. The van der Waals surface area contributed by atoms with E-state index in [1.165, 1.54) is 18.5 Å². The second-order valence-electron chi connectivity index (χ2n) is 4.52. The maximum absolute atomic E-state index is 12.2. The molecule has 1 atom stereocenters. The number of carbonyl (C=O) groups excluding carboxylic acids is 1. The van der Waals surface area contributed by atoms with E-state index in [1.807, 2.05) is 11.8 Å². The lowest BCUT2D eigenvalue weighted by Crippen LogP contribution is -2.38. The van der Waals surface area contributed by atoms with Crippen LogP contribution in [0.4, 0.5) is 0 Å². The van der Waals surface area contributed by atoms with Gasteiger partial charge in [-0.2, -0.15) is 11.8 Å². The van der Waals surface area contributed by atoms with Crippen molar-refractivity contribution in [3.05, 3.63) is 35.7 Å². The molecular formula is C14H16N2O3S. The first-order valence-corrected chi connectivity index (χ1v) is 7.56. The third kappa shape index (κ3) is 4.09. The Balaban J connectivity index is 2.10. The van der Waals surface area contributed by atoms with E-state index in [2.05, 4.69) is 10.3 Å². The zero-order valence-corrected chi connectivity index (χ0v) is 11.7. The molecule has 106 valence electrons. The van der Waals surface area contributed by atoms with Gasteiger partial charge in [0.05, 0.1) is 0 Å². The molecule has 0 spiro atoms. The minimum Gasteiger partial charge on any atom is -0.478 e. The summed E-state index contributed by atoms with van der Waals surface area (Å²) in [6.07, 6.45) is 7.51. The highest BCUT2D eigenvalue weighted by Crippen LogP contribution is 2.18. The number of rotatable bonds is 4. The Morgan fingerprint density at radius 3 is 3.05 bits per heavy atom. The lowest BCUT2D eigenvalue weighted by atomic mass is 10.1. The molecule has 2 heterocycles. The Morgan fingerprint density at radius 1 is 1.50 bits per heavy atom. The van der Waals surface area contributed by atoms with Crippen LogP contribution in [0, 0.1) is 0 Å². The predicted octanol–water partition coefficient (Wildman–Crippen LogP) is 1.80. The Labute approximate surface area is 121 Å². The number of thioether (sulfide) groups is 1. The third-order valence-corrected chi connectivity index (χ3v) is 4.21. The van der Waals surface area contributed by atoms with E-state index >= 15 is 0 Å². The number of nitrogens with one attached hydrogen (secondary N) is 1. The lowest BCUT2D eigenvalue weighted by Gasteiger charge is -2.22. The van der Waals surface area contributed by atoms with Gasteiger partial charge in [-0.1, -0.05) is 0 Å². The molecule has 0 aliphatic carbocycles. The first kappa shape index (κ1) is 14.6. The summed E-state index contributed by atoms with van der Waals surface area (Å²) in [7, 11) is 0. The summed E-state index contributed by atoms with van der Waals surface area (Å²) in [6, 6.07) is 1.79. The summed E-state index contributed by atoms with van der Waals surface area (Å²) in [6.45, 7) is 0. The molecule has 20 heavy (non-hydrogen) atoms. The number of aromatic nitrogens is 1. The Bertz CT molecular complexity index is 525. The molecule has 0 aromatic carbocycles. The van der Waals surface area contributed by atoms with Crippen molar-refractivity contribution < 1.29 is 14.7 Å². The number of hydrogen-bond donors (Lipinski definition) is 2. The molecule has 6 heteroatoms. The highest BCUT2D eigenvalue weighted by molar-refractivity contribution is 7.99. The molecule has 1 aromatic heterocycles. The number of aliphatic carboxylic acids is 1. The molecule has 1 unspecified atom stereocenters. The van der Waals surface area contributed by atoms with Gasteiger partial charge in [-0.25, -0.2) is 4.79 Å². The number of nitrogens with zero attached hydrogens (tertiary/aromatic N) is 1. The molecule has 2 N–H and O–H groups in total. The first-order chi connectivity index (χ1) is 9.66. The fraction of sp³-hybridized carbons (Fsp3) is 0.357. The Kier molecular flexibility index (Phi) is 5.17. The molecule has 2 rings (SSSR count). The van der Waals surface area contributed by atoms with Crippen LogP contribution in [0.1, 0.15) is 28.8 Å². The van der Waals surface area contributed by atoms with Crippen molar-refractivity contribution in [1.82, 2.24) is 10.3 Å². The van der Waals surface area contributed by atoms with E-state index in [4.69, 9.17) is 5.11 Å². The van der Waals surface area contributed by atoms with Gasteiger partial charge in [0, 0.05) is 41.4 Å². The molecule has 1 saturated heterocycles. The third-order valence-electron chi connectivity index (χ3n) is 3.00. The van der Waals surface area contributed by atoms with E-state index in [-0.39, 0.29) is 11.9 Å². The van der Waals surface area contributed by atoms with Crippen LogP contribution in [-0.4, -0.2) is 39.5 Å². The number of carboxylic acids is 1. The minimum absolute atomic E-state index is 0.176. The summed E-state index contributed by atoms with van der Waals surface area (Å²) < 4.78 is 0. The van der Waals surface area contributed by atoms with Gasteiger partial charge in [0.2, 0.25) is 0 Å². The zero-order chi connectivity index (χ0) is 14.4. The normalized spacial score (nSPS) is 18.9. The van der Waals surface area contributed by atoms with Gasteiger partial charge in [-0.05, 0) is 30.7 Å². The van der Waals surface area contributed by atoms with Crippen molar-refractivity contribution in [1.29, 1.82) is 0 Å². The number of amides is 1. The Morgan fingerprint density at radius 2 is 2.35 bits per heavy atom. The van der Waals surface area contributed by atoms with Gasteiger partial charge in [0.15, 0.2) is 0 Å². The van der Waals surface area contributed by atoms with Crippen molar-refractivity contribution >= 4 is 29.7 Å². The minimum atomic E-state index is -1.05. The Hall–Kier alpha value is -1.82. The maximum atomic E-state index is 12.2. The van der Waals surface area contributed by atoms with E-state index in [0.29, 0.717) is 11.1 Å². The summed E-state index contributed by atoms with van der Waals surface area (Å²) in [4.78, 5) is 26.7. The molecule has 0 saturated carbocycles.